The predicted molar refractivity (Wildman–Crippen MR) is 59.2 cm³/mol. The zero-order chi connectivity index (χ0) is 10.4. The van der Waals surface area contributed by atoms with Crippen molar-refractivity contribution in [3.05, 3.63) is 12.2 Å². The molecular formula is C8H18O3Si2. The molecule has 0 aliphatic rings. The highest BCUT2D eigenvalue weighted by molar-refractivity contribution is 6.48. The van der Waals surface area contributed by atoms with Crippen molar-refractivity contribution in [2.45, 2.75) is 32.0 Å². The van der Waals surface area contributed by atoms with Gasteiger partial charge in [-0.2, -0.15) is 0 Å². The Morgan fingerprint density at radius 2 is 2.15 bits per heavy atom. The molecule has 1 atom stereocenters. The van der Waals surface area contributed by atoms with E-state index in [1.807, 2.05) is 20.0 Å². The van der Waals surface area contributed by atoms with Crippen molar-refractivity contribution >= 4 is 25.3 Å². The minimum atomic E-state index is -1.28. The van der Waals surface area contributed by atoms with Crippen LogP contribution in [0.2, 0.25) is 18.6 Å². The van der Waals surface area contributed by atoms with Crippen LogP contribution < -0.4 is 0 Å². The van der Waals surface area contributed by atoms with Gasteiger partial charge >= 0.3 is 5.97 Å². The van der Waals surface area contributed by atoms with Gasteiger partial charge in [-0.25, -0.2) is 9.37 Å². The van der Waals surface area contributed by atoms with Crippen LogP contribution in [-0.4, -0.2) is 25.3 Å². The van der Waals surface area contributed by atoms with Gasteiger partial charge < -0.3 is 4.89 Å². The third kappa shape index (κ3) is 5.02. The lowest BCUT2D eigenvalue weighted by atomic mass is 10.2. The third-order valence-corrected chi connectivity index (χ3v) is 3.78. The Morgan fingerprint density at radius 3 is 2.54 bits per heavy atom. The molecule has 3 nitrogen and oxygen atoms in total. The fourth-order valence-corrected chi connectivity index (χ4v) is 1.16. The molecule has 0 aromatic heterocycles. The summed E-state index contributed by atoms with van der Waals surface area (Å²) in [6.45, 7) is 9.61. The van der Waals surface area contributed by atoms with Crippen LogP contribution in [0.4, 0.5) is 0 Å². The van der Waals surface area contributed by atoms with E-state index >= 15 is 0 Å². The summed E-state index contributed by atoms with van der Waals surface area (Å²) in [5.41, 5.74) is 0.841. The molecule has 0 aromatic rings. The summed E-state index contributed by atoms with van der Waals surface area (Å²) < 4.78 is 4.86. The van der Waals surface area contributed by atoms with Gasteiger partial charge in [-0.05, 0) is 18.6 Å². The molecule has 0 aromatic carbocycles. The van der Waals surface area contributed by atoms with Gasteiger partial charge in [0.15, 0.2) is 0 Å². The first-order valence-electron chi connectivity index (χ1n) is 4.55. The molecule has 0 aliphatic heterocycles. The average Bonchev–Trinajstić information content (AvgIpc) is 2.11. The number of carbonyl (C=O) groups is 1. The van der Waals surface area contributed by atoms with Crippen LogP contribution >= 0.6 is 0 Å². The summed E-state index contributed by atoms with van der Waals surface area (Å²) >= 11 is 0. The van der Waals surface area contributed by atoms with Gasteiger partial charge in [-0.15, -0.1) is 0 Å². The molecule has 0 fully saturated rings. The van der Waals surface area contributed by atoms with Gasteiger partial charge in [-0.3, -0.25) is 0 Å². The Balaban J connectivity index is 3.90. The number of rotatable bonds is 5. The van der Waals surface area contributed by atoms with Crippen molar-refractivity contribution in [3.8, 4) is 0 Å². The molecular weight excluding hydrogens is 200 g/mol. The second kappa shape index (κ2) is 6.12. The number of carbonyl (C=O) groups excluding carboxylic acids is 1. The molecule has 0 heterocycles. The molecule has 0 spiro atoms. The summed E-state index contributed by atoms with van der Waals surface area (Å²) in [6.07, 6.45) is 0.944. The van der Waals surface area contributed by atoms with Crippen molar-refractivity contribution < 1.29 is 14.3 Å². The van der Waals surface area contributed by atoms with E-state index in [2.05, 4.69) is 11.5 Å². The summed E-state index contributed by atoms with van der Waals surface area (Å²) in [4.78, 5) is 15.9. The lowest BCUT2D eigenvalue weighted by Crippen LogP contribution is -2.16. The molecule has 1 unspecified atom stereocenters. The Bertz CT molecular complexity index is 192. The van der Waals surface area contributed by atoms with E-state index in [0.717, 1.165) is 16.7 Å². The van der Waals surface area contributed by atoms with Gasteiger partial charge in [-0.1, -0.05) is 19.9 Å². The lowest BCUT2D eigenvalue weighted by Gasteiger charge is -2.11. The Labute approximate surface area is 84.2 Å². The molecule has 76 valence electrons. The number of hydrogen-bond donors (Lipinski definition) is 0. The van der Waals surface area contributed by atoms with E-state index in [1.54, 1.807) is 0 Å². The third-order valence-electron chi connectivity index (χ3n) is 1.79. The second-order valence-corrected chi connectivity index (χ2v) is 7.03. The van der Waals surface area contributed by atoms with E-state index in [0.29, 0.717) is 11.1 Å². The minimum Gasteiger partial charge on any atom is -0.305 e. The molecule has 0 saturated carbocycles. The van der Waals surface area contributed by atoms with Crippen LogP contribution in [0.1, 0.15) is 13.3 Å². The van der Waals surface area contributed by atoms with Crippen LogP contribution in [-0.2, 0) is 14.3 Å². The van der Waals surface area contributed by atoms with Crippen molar-refractivity contribution in [2.24, 2.45) is 0 Å². The fourth-order valence-electron chi connectivity index (χ4n) is 0.641. The zero-order valence-electron chi connectivity index (χ0n) is 8.79. The molecule has 13 heavy (non-hydrogen) atoms. The monoisotopic (exact) mass is 218 g/mol. The summed E-state index contributed by atoms with van der Waals surface area (Å²) in [5.74, 6) is -0.400. The molecule has 0 bridgehead atoms. The van der Waals surface area contributed by atoms with Crippen LogP contribution in [0.25, 0.3) is 0 Å². The maximum absolute atomic E-state index is 11.2. The Kier molecular flexibility index (Phi) is 5.93. The Hall–Kier alpha value is -0.396. The van der Waals surface area contributed by atoms with Gasteiger partial charge in [0.1, 0.15) is 0 Å². The summed E-state index contributed by atoms with van der Waals surface area (Å²) in [7, 11) is -0.351. The van der Waals surface area contributed by atoms with Crippen LogP contribution in [0, 0.1) is 0 Å². The first-order valence-corrected chi connectivity index (χ1v) is 8.49. The van der Waals surface area contributed by atoms with Gasteiger partial charge in [0, 0.05) is 15.8 Å². The highest BCUT2D eigenvalue weighted by Gasteiger charge is 2.15. The van der Waals surface area contributed by atoms with E-state index < -0.39 is 15.0 Å². The highest BCUT2D eigenvalue weighted by Crippen LogP contribution is 2.16. The van der Waals surface area contributed by atoms with Crippen molar-refractivity contribution in [1.29, 1.82) is 0 Å². The lowest BCUT2D eigenvalue weighted by molar-refractivity contribution is -0.211. The van der Waals surface area contributed by atoms with Crippen molar-refractivity contribution in [2.75, 3.05) is 0 Å². The first kappa shape index (κ1) is 12.6. The largest absolute Gasteiger partial charge is 0.366 e. The van der Waals surface area contributed by atoms with E-state index in [9.17, 15) is 4.79 Å². The zero-order valence-corrected chi connectivity index (χ0v) is 11.9. The quantitative estimate of drug-likeness (QED) is 0.293. The summed E-state index contributed by atoms with van der Waals surface area (Å²) in [5, 5.41) is 0. The molecule has 0 aliphatic carbocycles. The minimum absolute atomic E-state index is 0.296. The van der Waals surface area contributed by atoms with E-state index in [-0.39, 0.29) is 0 Å². The van der Waals surface area contributed by atoms with Crippen molar-refractivity contribution in [3.63, 3.8) is 0 Å². The van der Waals surface area contributed by atoms with Gasteiger partial charge in [0.25, 0.3) is 0 Å². The van der Waals surface area contributed by atoms with E-state index in [1.165, 1.54) is 0 Å². The first-order chi connectivity index (χ1) is 5.99. The highest BCUT2D eigenvalue weighted by atomic mass is 28.3. The molecule has 5 heteroatoms. The Morgan fingerprint density at radius 1 is 1.62 bits per heavy atom. The molecule has 0 N–H and O–H groups in total. The SMILES string of the molecule is C=C(C(=O)OO[SiH](C)C)C([SiH3])CC. The van der Waals surface area contributed by atoms with Crippen LogP contribution in [0.15, 0.2) is 12.2 Å². The second-order valence-electron chi connectivity index (χ2n) is 3.35. The molecule has 0 rings (SSSR count). The van der Waals surface area contributed by atoms with Crippen molar-refractivity contribution in [1.82, 2.24) is 0 Å². The smallest absolute Gasteiger partial charge is 0.305 e. The van der Waals surface area contributed by atoms with Crippen LogP contribution in [0.5, 0.6) is 0 Å². The molecule has 0 amide bonds. The van der Waals surface area contributed by atoms with Crippen LogP contribution in [0.3, 0.4) is 0 Å². The predicted octanol–water partition coefficient (Wildman–Crippen LogP) is 0.565. The van der Waals surface area contributed by atoms with Gasteiger partial charge in [0.2, 0.25) is 9.04 Å². The normalized spacial score (nSPS) is 12.9. The maximum Gasteiger partial charge on any atom is 0.366 e. The molecule has 0 radical (unpaired) electrons. The van der Waals surface area contributed by atoms with Gasteiger partial charge in [0.05, 0.1) is 0 Å². The maximum atomic E-state index is 11.2. The average molecular weight is 218 g/mol. The topological polar surface area (TPSA) is 35.5 Å². The standard InChI is InChI=1S/C8H18O3Si2/c1-5-7(12)6(2)8(9)10-11-13(3)4/h7,13H,2,5H2,1,3-4,12H3. The fraction of sp³-hybridized carbons (Fsp3) is 0.625. The number of hydrogen-bond acceptors (Lipinski definition) is 3. The summed E-state index contributed by atoms with van der Waals surface area (Å²) in [6, 6.07) is 0. The van der Waals surface area contributed by atoms with E-state index in [4.69, 9.17) is 4.58 Å². The molecule has 0 saturated heterocycles.